The summed E-state index contributed by atoms with van der Waals surface area (Å²) in [6.07, 6.45) is 1.18. The predicted molar refractivity (Wildman–Crippen MR) is 120 cm³/mol. The van der Waals surface area contributed by atoms with Crippen molar-refractivity contribution in [1.29, 1.82) is 0 Å². The minimum atomic E-state index is -0.634. The minimum Gasteiger partial charge on any atom is -0.395 e. The first kappa shape index (κ1) is 24.2. The van der Waals surface area contributed by atoms with Gasteiger partial charge in [0.2, 0.25) is 11.8 Å². The molecule has 1 heterocycles. The lowest BCUT2D eigenvalue weighted by molar-refractivity contribution is -0.120. The fourth-order valence-corrected chi connectivity index (χ4v) is 4.35. The molecular formula is C22H23Cl2F2N3O3. The summed E-state index contributed by atoms with van der Waals surface area (Å²) in [7, 11) is 0. The standard InChI is InChI=1S/C22H23Cl2F2N3O3/c23-17-9-16(28-11-20(31)27-5-6-30)10-18(24)22(17)29-12-13(1-4-21(29)32)7-14-2-3-15(25)8-19(14)26/h2-3,8-10,13,28,30H,1,4-7,11-12H2,(H,27,31). The van der Waals surface area contributed by atoms with Crippen molar-refractivity contribution in [1.82, 2.24) is 5.32 Å². The van der Waals surface area contributed by atoms with Gasteiger partial charge < -0.3 is 20.6 Å². The molecule has 3 N–H and O–H groups in total. The maximum atomic E-state index is 14.1. The number of hydrogen-bond acceptors (Lipinski definition) is 4. The molecule has 2 aromatic carbocycles. The number of rotatable bonds is 8. The number of nitrogens with zero attached hydrogens (tertiary/aromatic N) is 1. The highest BCUT2D eigenvalue weighted by atomic mass is 35.5. The van der Waals surface area contributed by atoms with E-state index in [1.165, 1.54) is 17.0 Å². The number of halogens is 4. The van der Waals surface area contributed by atoms with Crippen molar-refractivity contribution in [3.05, 3.63) is 57.6 Å². The number of benzene rings is 2. The third-order valence-electron chi connectivity index (χ3n) is 5.21. The number of piperidine rings is 1. The average molecular weight is 486 g/mol. The second-order valence-electron chi connectivity index (χ2n) is 7.56. The van der Waals surface area contributed by atoms with E-state index >= 15 is 0 Å². The molecule has 2 amide bonds. The number of nitrogens with one attached hydrogen (secondary N) is 2. The molecule has 1 saturated heterocycles. The molecule has 1 atom stereocenters. The van der Waals surface area contributed by atoms with Crippen LogP contribution in [0.3, 0.4) is 0 Å². The number of carbonyl (C=O) groups excluding carboxylic acids is 2. The molecule has 172 valence electrons. The zero-order valence-corrected chi connectivity index (χ0v) is 18.6. The van der Waals surface area contributed by atoms with Crippen LogP contribution in [0.5, 0.6) is 0 Å². The van der Waals surface area contributed by atoms with E-state index in [1.54, 1.807) is 12.1 Å². The van der Waals surface area contributed by atoms with E-state index in [0.717, 1.165) is 6.07 Å². The molecule has 1 fully saturated rings. The van der Waals surface area contributed by atoms with Crippen molar-refractivity contribution in [3.63, 3.8) is 0 Å². The van der Waals surface area contributed by atoms with E-state index in [2.05, 4.69) is 10.6 Å². The largest absolute Gasteiger partial charge is 0.395 e. The van der Waals surface area contributed by atoms with Gasteiger partial charge in [-0.3, -0.25) is 9.59 Å². The van der Waals surface area contributed by atoms with Gasteiger partial charge in [0.1, 0.15) is 11.6 Å². The molecular weight excluding hydrogens is 463 g/mol. The van der Waals surface area contributed by atoms with Crippen LogP contribution in [-0.2, 0) is 16.0 Å². The van der Waals surface area contributed by atoms with Crippen molar-refractivity contribution < 1.29 is 23.5 Å². The van der Waals surface area contributed by atoms with E-state index < -0.39 is 11.6 Å². The van der Waals surface area contributed by atoms with Crippen molar-refractivity contribution >= 4 is 46.4 Å². The van der Waals surface area contributed by atoms with Crippen LogP contribution in [0.4, 0.5) is 20.2 Å². The summed E-state index contributed by atoms with van der Waals surface area (Å²) < 4.78 is 27.2. The third-order valence-corrected chi connectivity index (χ3v) is 5.78. The van der Waals surface area contributed by atoms with Crippen LogP contribution in [0.1, 0.15) is 18.4 Å². The van der Waals surface area contributed by atoms with E-state index in [-0.39, 0.29) is 53.9 Å². The van der Waals surface area contributed by atoms with Crippen LogP contribution >= 0.6 is 23.2 Å². The summed E-state index contributed by atoms with van der Waals surface area (Å²) in [5.74, 6) is -1.74. The molecule has 32 heavy (non-hydrogen) atoms. The Bertz CT molecular complexity index is 983. The first-order valence-electron chi connectivity index (χ1n) is 10.1. The van der Waals surface area contributed by atoms with E-state index in [9.17, 15) is 18.4 Å². The van der Waals surface area contributed by atoms with Gasteiger partial charge in [0.25, 0.3) is 0 Å². The van der Waals surface area contributed by atoms with Crippen molar-refractivity contribution in [2.45, 2.75) is 19.3 Å². The number of aliphatic hydroxyl groups excluding tert-OH is 1. The lowest BCUT2D eigenvalue weighted by Gasteiger charge is -2.34. The molecule has 6 nitrogen and oxygen atoms in total. The predicted octanol–water partition coefficient (Wildman–Crippen LogP) is 3.78. The Morgan fingerprint density at radius 3 is 2.56 bits per heavy atom. The van der Waals surface area contributed by atoms with Gasteiger partial charge in [-0.15, -0.1) is 0 Å². The number of hydrogen-bond donors (Lipinski definition) is 3. The van der Waals surface area contributed by atoms with Crippen LogP contribution < -0.4 is 15.5 Å². The Morgan fingerprint density at radius 1 is 1.19 bits per heavy atom. The normalized spacial score (nSPS) is 16.2. The highest BCUT2D eigenvalue weighted by Crippen LogP contribution is 2.39. The third kappa shape index (κ3) is 6.09. The van der Waals surface area contributed by atoms with Crippen molar-refractivity contribution in [3.8, 4) is 0 Å². The molecule has 10 heteroatoms. The van der Waals surface area contributed by atoms with Crippen LogP contribution in [-0.4, -0.2) is 43.2 Å². The highest BCUT2D eigenvalue weighted by molar-refractivity contribution is 6.40. The first-order valence-corrected chi connectivity index (χ1v) is 10.9. The van der Waals surface area contributed by atoms with Gasteiger partial charge >= 0.3 is 0 Å². The van der Waals surface area contributed by atoms with Crippen LogP contribution in [0.2, 0.25) is 10.0 Å². The van der Waals surface area contributed by atoms with E-state index in [0.29, 0.717) is 36.3 Å². The maximum absolute atomic E-state index is 14.1. The SMILES string of the molecule is O=C(CNc1cc(Cl)c(N2CC(Cc3ccc(F)cc3F)CCC2=O)c(Cl)c1)NCCO. The number of carbonyl (C=O) groups is 2. The first-order chi connectivity index (χ1) is 15.3. The molecule has 0 aromatic heterocycles. The van der Waals surface area contributed by atoms with E-state index in [1.807, 2.05) is 0 Å². The van der Waals surface area contributed by atoms with Gasteiger partial charge in [0.15, 0.2) is 0 Å². The number of aliphatic hydroxyl groups is 1. The Hall–Kier alpha value is -2.42. The molecule has 0 aliphatic carbocycles. The molecule has 0 bridgehead atoms. The zero-order valence-electron chi connectivity index (χ0n) is 17.1. The van der Waals surface area contributed by atoms with Gasteiger partial charge in [-0.05, 0) is 42.5 Å². The summed E-state index contributed by atoms with van der Waals surface area (Å²) in [6.45, 7) is 0.253. The zero-order chi connectivity index (χ0) is 23.3. The Morgan fingerprint density at radius 2 is 1.91 bits per heavy atom. The summed E-state index contributed by atoms with van der Waals surface area (Å²) in [5, 5.41) is 14.6. The van der Waals surface area contributed by atoms with Crippen LogP contribution in [0.15, 0.2) is 30.3 Å². The van der Waals surface area contributed by atoms with Gasteiger partial charge in [-0.1, -0.05) is 29.3 Å². The number of amides is 2. The summed E-state index contributed by atoms with van der Waals surface area (Å²) in [6, 6.07) is 6.62. The molecule has 2 aromatic rings. The Labute approximate surface area is 194 Å². The minimum absolute atomic E-state index is 0.0417. The fourth-order valence-electron chi connectivity index (χ4n) is 3.66. The van der Waals surface area contributed by atoms with Gasteiger partial charge in [0, 0.05) is 31.3 Å². The number of anilines is 2. The van der Waals surface area contributed by atoms with Crippen LogP contribution in [0.25, 0.3) is 0 Å². The summed E-state index contributed by atoms with van der Waals surface area (Å²) >= 11 is 12.9. The molecule has 0 spiro atoms. The molecule has 1 aliphatic heterocycles. The van der Waals surface area contributed by atoms with Crippen molar-refractivity contribution in [2.75, 3.05) is 36.5 Å². The van der Waals surface area contributed by atoms with Gasteiger partial charge in [0.05, 0.1) is 28.9 Å². The van der Waals surface area contributed by atoms with Gasteiger partial charge in [-0.2, -0.15) is 0 Å². The van der Waals surface area contributed by atoms with E-state index in [4.69, 9.17) is 28.3 Å². The molecule has 0 saturated carbocycles. The van der Waals surface area contributed by atoms with Gasteiger partial charge in [-0.25, -0.2) is 8.78 Å². The topological polar surface area (TPSA) is 81.7 Å². The maximum Gasteiger partial charge on any atom is 0.239 e. The Kier molecular flexibility index (Phi) is 8.28. The highest BCUT2D eigenvalue weighted by Gasteiger charge is 2.30. The second kappa shape index (κ2) is 10.9. The quantitative estimate of drug-likeness (QED) is 0.531. The molecule has 0 radical (unpaired) electrons. The molecule has 1 unspecified atom stereocenters. The summed E-state index contributed by atoms with van der Waals surface area (Å²) in [4.78, 5) is 25.8. The fraction of sp³-hybridized carbons (Fsp3) is 0.364. The second-order valence-corrected chi connectivity index (χ2v) is 8.38. The van der Waals surface area contributed by atoms with Crippen molar-refractivity contribution in [2.24, 2.45) is 5.92 Å². The average Bonchev–Trinajstić information content (AvgIpc) is 2.74. The lowest BCUT2D eigenvalue weighted by Crippen LogP contribution is -2.41. The Balaban J connectivity index is 1.72. The summed E-state index contributed by atoms with van der Waals surface area (Å²) in [5.41, 5.74) is 1.25. The van der Waals surface area contributed by atoms with Crippen LogP contribution in [0, 0.1) is 17.6 Å². The smallest absolute Gasteiger partial charge is 0.239 e. The molecule has 3 rings (SSSR count). The molecule has 1 aliphatic rings. The monoisotopic (exact) mass is 485 g/mol. The lowest BCUT2D eigenvalue weighted by atomic mass is 9.90.